The average Bonchev–Trinajstić information content (AvgIpc) is 3.08. The van der Waals surface area contributed by atoms with Crippen LogP contribution < -0.4 is 19.7 Å². The summed E-state index contributed by atoms with van der Waals surface area (Å²) in [6.45, 7) is 3.67. The molecule has 31 heavy (non-hydrogen) atoms. The van der Waals surface area contributed by atoms with Gasteiger partial charge in [0.1, 0.15) is 0 Å². The van der Waals surface area contributed by atoms with Gasteiger partial charge in [0.2, 0.25) is 5.91 Å². The van der Waals surface area contributed by atoms with Gasteiger partial charge in [0.05, 0.1) is 37.7 Å². The first kappa shape index (κ1) is 21.0. The molecule has 0 unspecified atom stereocenters. The van der Waals surface area contributed by atoms with Gasteiger partial charge >= 0.3 is 5.97 Å². The van der Waals surface area contributed by atoms with Crippen molar-refractivity contribution in [1.82, 2.24) is 9.88 Å². The first-order valence-corrected chi connectivity index (χ1v) is 9.85. The van der Waals surface area contributed by atoms with E-state index in [1.54, 1.807) is 6.07 Å². The Bertz CT molecular complexity index is 1010. The van der Waals surface area contributed by atoms with Gasteiger partial charge in [-0.1, -0.05) is 0 Å². The minimum absolute atomic E-state index is 0.0215. The number of piperazine rings is 1. The molecule has 3 heterocycles. The number of ether oxygens (including phenoxy) is 2. The summed E-state index contributed by atoms with van der Waals surface area (Å²) in [6, 6.07) is 4.07. The molecule has 1 saturated heterocycles. The molecule has 2 aromatic rings. The standard InChI is InChI=1S/C21H22F2N4O4/c1-12-10-27(14-6-15(22)21(30-2)16(23)7-14)4-3-26(12)11-19(28)25-13-5-18-17(24-9-13)8-20(29)31-18/h5-7,9,12H,3-4,8,10-11H2,1-2H3,(H,25,28)/t12-/m1/s1. The van der Waals surface area contributed by atoms with Crippen LogP contribution in [-0.4, -0.2) is 61.1 Å². The van der Waals surface area contributed by atoms with E-state index in [-0.39, 0.29) is 30.9 Å². The lowest BCUT2D eigenvalue weighted by Gasteiger charge is -2.40. The molecule has 1 aromatic heterocycles. The van der Waals surface area contributed by atoms with E-state index in [2.05, 4.69) is 10.3 Å². The molecular weight excluding hydrogens is 410 g/mol. The number of esters is 1. The third-order valence-corrected chi connectivity index (χ3v) is 5.41. The predicted octanol–water partition coefficient (Wildman–Crippen LogP) is 1.98. The molecule has 0 aliphatic carbocycles. The zero-order valence-electron chi connectivity index (χ0n) is 17.2. The van der Waals surface area contributed by atoms with Crippen LogP contribution >= 0.6 is 0 Å². The third kappa shape index (κ3) is 4.43. The second kappa shape index (κ2) is 8.46. The van der Waals surface area contributed by atoms with Crippen LogP contribution in [0, 0.1) is 11.6 Å². The predicted molar refractivity (Wildman–Crippen MR) is 108 cm³/mol. The molecule has 1 aromatic carbocycles. The van der Waals surface area contributed by atoms with Crippen molar-refractivity contribution >= 4 is 23.3 Å². The highest BCUT2D eigenvalue weighted by Gasteiger charge is 2.27. The SMILES string of the molecule is COc1c(F)cc(N2CCN(CC(=O)Nc3cnc4c(c3)OC(=O)C4)[C@H](C)C2)cc1F. The van der Waals surface area contributed by atoms with Crippen molar-refractivity contribution in [2.24, 2.45) is 0 Å². The quantitative estimate of drug-likeness (QED) is 0.724. The van der Waals surface area contributed by atoms with Gasteiger partial charge in [-0.25, -0.2) is 8.78 Å². The first-order chi connectivity index (χ1) is 14.8. The minimum atomic E-state index is -0.749. The minimum Gasteiger partial charge on any atom is -0.491 e. The van der Waals surface area contributed by atoms with Crippen molar-refractivity contribution in [1.29, 1.82) is 0 Å². The molecule has 1 atom stereocenters. The van der Waals surface area contributed by atoms with E-state index in [1.807, 2.05) is 16.7 Å². The van der Waals surface area contributed by atoms with E-state index >= 15 is 0 Å². The number of carbonyl (C=O) groups is 2. The summed E-state index contributed by atoms with van der Waals surface area (Å²) in [5.74, 6) is -2.13. The third-order valence-electron chi connectivity index (χ3n) is 5.41. The van der Waals surface area contributed by atoms with E-state index < -0.39 is 17.4 Å². The van der Waals surface area contributed by atoms with Crippen LogP contribution in [0.5, 0.6) is 11.5 Å². The van der Waals surface area contributed by atoms with Crippen LogP contribution in [0.2, 0.25) is 0 Å². The number of anilines is 2. The number of fused-ring (bicyclic) bond motifs is 1. The van der Waals surface area contributed by atoms with Crippen LogP contribution in [0.4, 0.5) is 20.2 Å². The Labute approximate surface area is 177 Å². The van der Waals surface area contributed by atoms with Crippen LogP contribution in [0.15, 0.2) is 24.4 Å². The second-order valence-electron chi connectivity index (χ2n) is 7.58. The highest BCUT2D eigenvalue weighted by molar-refractivity contribution is 5.92. The Morgan fingerprint density at radius 2 is 2.03 bits per heavy atom. The fraction of sp³-hybridized carbons (Fsp3) is 0.381. The smallest absolute Gasteiger partial charge is 0.317 e. The van der Waals surface area contributed by atoms with Crippen molar-refractivity contribution in [2.75, 3.05) is 43.5 Å². The summed E-state index contributed by atoms with van der Waals surface area (Å²) in [4.78, 5) is 31.8. The largest absolute Gasteiger partial charge is 0.491 e. The lowest BCUT2D eigenvalue weighted by atomic mass is 10.1. The van der Waals surface area contributed by atoms with E-state index in [9.17, 15) is 18.4 Å². The van der Waals surface area contributed by atoms with Crippen LogP contribution in [0.3, 0.4) is 0 Å². The van der Waals surface area contributed by atoms with Crippen molar-refractivity contribution in [3.05, 3.63) is 41.7 Å². The molecule has 164 valence electrons. The molecule has 0 radical (unpaired) electrons. The summed E-state index contributed by atoms with van der Waals surface area (Å²) < 4.78 is 37.9. The van der Waals surface area contributed by atoms with Crippen molar-refractivity contribution in [3.63, 3.8) is 0 Å². The van der Waals surface area contributed by atoms with E-state index in [1.165, 1.54) is 25.4 Å². The van der Waals surface area contributed by atoms with E-state index in [4.69, 9.17) is 9.47 Å². The molecule has 4 rings (SSSR count). The maximum absolute atomic E-state index is 14.0. The summed E-state index contributed by atoms with van der Waals surface area (Å²) >= 11 is 0. The number of hydrogen-bond acceptors (Lipinski definition) is 7. The Kier molecular flexibility index (Phi) is 5.73. The molecule has 2 aliphatic heterocycles. The number of carbonyl (C=O) groups excluding carboxylic acids is 2. The van der Waals surface area contributed by atoms with Crippen molar-refractivity contribution in [2.45, 2.75) is 19.4 Å². The van der Waals surface area contributed by atoms with Gasteiger partial charge in [-0.15, -0.1) is 0 Å². The van der Waals surface area contributed by atoms with Crippen LogP contribution in [0.25, 0.3) is 0 Å². The maximum Gasteiger partial charge on any atom is 0.317 e. The molecule has 2 aliphatic rings. The van der Waals surface area contributed by atoms with Gasteiger partial charge < -0.3 is 19.7 Å². The van der Waals surface area contributed by atoms with E-state index in [0.717, 1.165) is 0 Å². The summed E-state index contributed by atoms with van der Waals surface area (Å²) in [7, 11) is 1.22. The van der Waals surface area contributed by atoms with E-state index in [0.29, 0.717) is 42.5 Å². The summed E-state index contributed by atoms with van der Waals surface area (Å²) in [5, 5.41) is 2.76. The molecule has 0 spiro atoms. The summed E-state index contributed by atoms with van der Waals surface area (Å²) in [5.41, 5.74) is 1.44. The van der Waals surface area contributed by atoms with Gasteiger partial charge in [0, 0.05) is 49.6 Å². The molecule has 0 bridgehead atoms. The maximum atomic E-state index is 14.0. The number of amides is 1. The van der Waals surface area contributed by atoms with Gasteiger partial charge in [-0.2, -0.15) is 0 Å². The van der Waals surface area contributed by atoms with Gasteiger partial charge in [0.15, 0.2) is 23.1 Å². The highest BCUT2D eigenvalue weighted by Crippen LogP contribution is 2.29. The second-order valence-corrected chi connectivity index (χ2v) is 7.58. The molecular formula is C21H22F2N4O4. The lowest BCUT2D eigenvalue weighted by molar-refractivity contribution is -0.131. The van der Waals surface area contributed by atoms with Gasteiger partial charge in [-0.05, 0) is 6.92 Å². The summed E-state index contributed by atoms with van der Waals surface area (Å²) in [6.07, 6.45) is 1.63. The van der Waals surface area contributed by atoms with Gasteiger partial charge in [-0.3, -0.25) is 19.5 Å². The molecule has 1 fully saturated rings. The number of halogens is 2. The number of methoxy groups -OCH3 is 1. The number of aromatic nitrogens is 1. The Hall–Kier alpha value is -3.27. The molecule has 8 nitrogen and oxygen atoms in total. The fourth-order valence-electron chi connectivity index (χ4n) is 3.83. The first-order valence-electron chi connectivity index (χ1n) is 9.85. The zero-order chi connectivity index (χ0) is 22.1. The number of rotatable bonds is 5. The highest BCUT2D eigenvalue weighted by atomic mass is 19.1. The number of nitrogens with zero attached hydrogens (tertiary/aromatic N) is 3. The van der Waals surface area contributed by atoms with Gasteiger partial charge in [0.25, 0.3) is 0 Å². The number of hydrogen-bond donors (Lipinski definition) is 1. The fourth-order valence-corrected chi connectivity index (χ4v) is 3.83. The molecule has 0 saturated carbocycles. The topological polar surface area (TPSA) is 84.0 Å². The Morgan fingerprint density at radius 3 is 2.71 bits per heavy atom. The number of benzene rings is 1. The number of pyridine rings is 1. The Morgan fingerprint density at radius 1 is 1.29 bits per heavy atom. The number of nitrogens with one attached hydrogen (secondary N) is 1. The zero-order valence-corrected chi connectivity index (χ0v) is 17.2. The van der Waals surface area contributed by atoms with Crippen LogP contribution in [0.1, 0.15) is 12.6 Å². The lowest BCUT2D eigenvalue weighted by Crippen LogP contribution is -2.53. The molecule has 1 amide bonds. The Balaban J connectivity index is 1.35. The average molecular weight is 432 g/mol. The molecule has 1 N–H and O–H groups in total. The van der Waals surface area contributed by atoms with Crippen molar-refractivity contribution in [3.8, 4) is 11.5 Å². The monoisotopic (exact) mass is 432 g/mol. The normalized spacial score (nSPS) is 18.5. The van der Waals surface area contributed by atoms with Crippen LogP contribution in [-0.2, 0) is 16.0 Å². The van der Waals surface area contributed by atoms with Crippen molar-refractivity contribution < 1.29 is 27.8 Å². The molecule has 10 heteroatoms.